The van der Waals surface area contributed by atoms with Gasteiger partial charge in [0.2, 0.25) is 0 Å². The van der Waals surface area contributed by atoms with E-state index in [1.165, 1.54) is 135 Å². The molecule has 0 saturated heterocycles. The second kappa shape index (κ2) is 12.3. The van der Waals surface area contributed by atoms with E-state index in [2.05, 4.69) is 227 Å². The SMILES string of the molecule is c1ccc(N2c3ccccc3B3c4c2cc2c5c4-n4c6c3cccc6c3c6sc7ccccc7c6cc(c34)B5c3cccc4c3N2c2ccccc2[Si]4(c2ccccc2)c2ccccc2)cc1. The number of fused-ring (bicyclic) bond motifs is 13. The Morgan fingerprint density at radius 1 is 0.388 bits per heavy atom. The van der Waals surface area contributed by atoms with Gasteiger partial charge in [-0.05, 0) is 89.9 Å². The summed E-state index contributed by atoms with van der Waals surface area (Å²) in [6, 6.07) is 81.7. The number of thiophene rings is 1. The first kappa shape index (κ1) is 35.4. The number of benzene rings is 10. The third-order valence-corrected chi connectivity index (χ3v) is 22.2. The van der Waals surface area contributed by atoms with E-state index in [4.69, 9.17) is 0 Å². The van der Waals surface area contributed by atoms with Gasteiger partial charge < -0.3 is 14.4 Å². The number of para-hydroxylation sites is 5. The first-order valence-electron chi connectivity index (χ1n) is 23.5. The number of aromatic nitrogens is 1. The zero-order valence-corrected chi connectivity index (χ0v) is 37.9. The van der Waals surface area contributed by atoms with Crippen LogP contribution in [-0.2, 0) is 0 Å². The lowest BCUT2D eigenvalue weighted by atomic mass is 9.29. The standard InChI is InChI=1S/C60H35B2N3SSi/c1-4-18-36(19-5-1)63-46-29-12-11-26-42(46)61-43-27-16-25-40-53-58-45(34-41-39-24-10-14-31-50(39)66-60(41)53)62-44-28-17-33-52-57(44)64(49-35-48(63)54(61)59(55(49)62)65(58)56(40)43)47-30-13-15-32-51(47)67(52,37-20-6-2-7-21-37)38-22-8-3-9-23-38/h1-35H. The van der Waals surface area contributed by atoms with Crippen molar-refractivity contribution in [2.24, 2.45) is 0 Å². The van der Waals surface area contributed by atoms with Crippen molar-refractivity contribution in [1.82, 2.24) is 4.57 Å². The van der Waals surface area contributed by atoms with E-state index in [0.29, 0.717) is 0 Å². The minimum atomic E-state index is -2.91. The molecule has 0 N–H and O–H groups in total. The fourth-order valence-electron chi connectivity index (χ4n) is 13.9. The van der Waals surface area contributed by atoms with Gasteiger partial charge in [-0.25, -0.2) is 0 Å². The largest absolute Gasteiger partial charge is 0.312 e. The van der Waals surface area contributed by atoms with Crippen LogP contribution in [0.25, 0.3) is 47.7 Å². The molecule has 0 unspecified atom stereocenters. The number of hydrogen-bond donors (Lipinski definition) is 0. The Labute approximate surface area is 392 Å². The average Bonchev–Trinajstić information content (AvgIpc) is 3.95. The number of nitrogens with zero attached hydrogens (tertiary/aromatic N) is 3. The molecule has 0 bridgehead atoms. The second-order valence-electron chi connectivity index (χ2n) is 19.0. The zero-order valence-electron chi connectivity index (χ0n) is 36.1. The zero-order chi connectivity index (χ0) is 43.3. The monoisotopic (exact) mass is 879 g/mol. The van der Waals surface area contributed by atoms with E-state index in [-0.39, 0.29) is 13.4 Å². The van der Waals surface area contributed by atoms with Crippen molar-refractivity contribution in [2.45, 2.75) is 0 Å². The molecular formula is C60H35B2N3SSi. The van der Waals surface area contributed by atoms with Crippen LogP contribution in [0.5, 0.6) is 0 Å². The molecule has 2 aromatic heterocycles. The molecule has 67 heavy (non-hydrogen) atoms. The Balaban J connectivity index is 1.12. The van der Waals surface area contributed by atoms with Gasteiger partial charge in [-0.15, -0.1) is 11.3 Å². The summed E-state index contributed by atoms with van der Waals surface area (Å²) in [7, 11) is -2.91. The van der Waals surface area contributed by atoms with E-state index < -0.39 is 8.07 Å². The number of anilines is 6. The molecule has 0 fully saturated rings. The molecule has 0 saturated carbocycles. The van der Waals surface area contributed by atoms with E-state index >= 15 is 0 Å². The van der Waals surface area contributed by atoms with Crippen LogP contribution in [-0.4, -0.2) is 26.1 Å². The minimum Gasteiger partial charge on any atom is -0.312 e. The van der Waals surface area contributed by atoms with Crippen LogP contribution in [0.2, 0.25) is 0 Å². The normalized spacial score (nSPS) is 14.9. The van der Waals surface area contributed by atoms with Gasteiger partial charge in [0.1, 0.15) is 0 Å². The van der Waals surface area contributed by atoms with E-state index in [1.807, 2.05) is 11.3 Å². The van der Waals surface area contributed by atoms with Crippen LogP contribution in [0, 0.1) is 0 Å². The molecule has 7 heterocycles. The predicted molar refractivity (Wildman–Crippen MR) is 290 cm³/mol. The molecule has 0 spiro atoms. The smallest absolute Gasteiger partial charge is 0.252 e. The lowest BCUT2D eigenvalue weighted by Crippen LogP contribution is -2.79. The Kier molecular flexibility index (Phi) is 6.52. The summed E-state index contributed by atoms with van der Waals surface area (Å²) >= 11 is 1.97. The topological polar surface area (TPSA) is 11.4 Å². The van der Waals surface area contributed by atoms with Crippen molar-refractivity contribution in [2.75, 3.05) is 9.80 Å². The summed E-state index contributed by atoms with van der Waals surface area (Å²) in [6.45, 7) is 0.0570. The second-order valence-corrected chi connectivity index (χ2v) is 23.8. The molecule has 0 aliphatic carbocycles. The van der Waals surface area contributed by atoms with Crippen LogP contribution < -0.4 is 63.3 Å². The quantitative estimate of drug-likeness (QED) is 0.167. The average molecular weight is 880 g/mol. The van der Waals surface area contributed by atoms with Crippen LogP contribution >= 0.6 is 11.3 Å². The molecule has 7 heteroatoms. The van der Waals surface area contributed by atoms with Gasteiger partial charge in [0.15, 0.2) is 8.07 Å². The lowest BCUT2D eigenvalue weighted by Gasteiger charge is -2.51. The van der Waals surface area contributed by atoms with Crippen molar-refractivity contribution in [3.8, 4) is 5.69 Å². The molecule has 3 nitrogen and oxygen atoms in total. The fraction of sp³-hybridized carbons (Fsp3) is 0. The van der Waals surface area contributed by atoms with Crippen molar-refractivity contribution in [3.63, 3.8) is 0 Å². The first-order chi connectivity index (χ1) is 33.3. The Hall–Kier alpha value is -7.83. The molecule has 306 valence electrons. The minimum absolute atomic E-state index is 0.00284. The Bertz CT molecular complexity index is 4160. The van der Waals surface area contributed by atoms with Crippen molar-refractivity contribution >= 4 is 162 Å². The van der Waals surface area contributed by atoms with Crippen molar-refractivity contribution < 1.29 is 0 Å². The first-order valence-corrected chi connectivity index (χ1v) is 26.3. The molecule has 0 atom stereocenters. The Morgan fingerprint density at radius 3 is 1.79 bits per heavy atom. The molecule has 17 rings (SSSR count). The summed E-state index contributed by atoms with van der Waals surface area (Å²) in [4.78, 5) is 5.30. The molecule has 0 amide bonds. The summed E-state index contributed by atoms with van der Waals surface area (Å²) in [6.07, 6.45) is 0. The summed E-state index contributed by atoms with van der Waals surface area (Å²) in [5.41, 5.74) is 20.1. The molecule has 12 aromatic rings. The highest BCUT2D eigenvalue weighted by molar-refractivity contribution is 7.27. The fourth-order valence-corrected chi connectivity index (χ4v) is 20.3. The number of hydrogen-bond acceptors (Lipinski definition) is 3. The highest BCUT2D eigenvalue weighted by atomic mass is 32.1. The summed E-state index contributed by atoms with van der Waals surface area (Å²) in [5, 5.41) is 11.2. The van der Waals surface area contributed by atoms with Gasteiger partial charge >= 0.3 is 0 Å². The van der Waals surface area contributed by atoms with Crippen LogP contribution in [0.1, 0.15) is 0 Å². The highest BCUT2D eigenvalue weighted by Crippen LogP contribution is 2.50. The van der Waals surface area contributed by atoms with E-state index in [0.717, 1.165) is 0 Å². The van der Waals surface area contributed by atoms with Gasteiger partial charge in [0.05, 0.1) is 5.52 Å². The third-order valence-electron chi connectivity index (χ3n) is 16.2. The van der Waals surface area contributed by atoms with E-state index in [9.17, 15) is 0 Å². The maximum Gasteiger partial charge on any atom is 0.252 e. The molecule has 5 aliphatic heterocycles. The maximum atomic E-state index is 2.76. The van der Waals surface area contributed by atoms with Crippen molar-refractivity contribution in [3.05, 3.63) is 212 Å². The molecule has 0 radical (unpaired) electrons. The van der Waals surface area contributed by atoms with E-state index in [1.54, 1.807) is 0 Å². The Morgan fingerprint density at radius 2 is 0.985 bits per heavy atom. The van der Waals surface area contributed by atoms with Gasteiger partial charge in [-0.2, -0.15) is 0 Å². The van der Waals surface area contributed by atoms with Gasteiger partial charge in [-0.1, -0.05) is 176 Å². The highest BCUT2D eigenvalue weighted by Gasteiger charge is 2.55. The van der Waals surface area contributed by atoms with Crippen molar-refractivity contribution in [1.29, 1.82) is 0 Å². The summed E-state index contributed by atoms with van der Waals surface area (Å²) < 4.78 is 5.50. The van der Waals surface area contributed by atoms with Crippen LogP contribution in [0.4, 0.5) is 34.1 Å². The molecule has 5 aliphatic rings. The maximum absolute atomic E-state index is 2.91. The molecule has 10 aromatic carbocycles. The number of rotatable bonds is 3. The third kappa shape index (κ3) is 4.04. The van der Waals surface area contributed by atoms with Crippen LogP contribution in [0.15, 0.2) is 212 Å². The predicted octanol–water partition coefficient (Wildman–Crippen LogP) is 8.07. The van der Waals surface area contributed by atoms with Gasteiger partial charge in [0, 0.05) is 76.3 Å². The van der Waals surface area contributed by atoms with Gasteiger partial charge in [0.25, 0.3) is 13.4 Å². The molecular weight excluding hydrogens is 844 g/mol. The van der Waals surface area contributed by atoms with Crippen LogP contribution in [0.3, 0.4) is 0 Å². The lowest BCUT2D eigenvalue weighted by molar-refractivity contribution is 1.17. The summed E-state index contributed by atoms with van der Waals surface area (Å²) in [5.74, 6) is 0. The van der Waals surface area contributed by atoms with Gasteiger partial charge in [-0.3, -0.25) is 0 Å².